The highest BCUT2D eigenvalue weighted by Gasteiger charge is 2.10. The molecule has 2 aromatic heterocycles. The summed E-state index contributed by atoms with van der Waals surface area (Å²) in [6, 6.07) is 5.87. The molecule has 2 heterocycles. The van der Waals surface area contributed by atoms with E-state index in [1.807, 2.05) is 29.5 Å². The molecule has 0 spiro atoms. The Balaban J connectivity index is 2.58. The van der Waals surface area contributed by atoms with E-state index >= 15 is 0 Å². The van der Waals surface area contributed by atoms with Crippen LogP contribution in [0, 0.1) is 6.92 Å². The van der Waals surface area contributed by atoms with Crippen molar-refractivity contribution in [3.63, 3.8) is 0 Å². The monoisotopic (exact) mass is 251 g/mol. The fraction of sp³-hybridized carbons (Fsp3) is 0.111. The zero-order valence-corrected chi connectivity index (χ0v) is 8.95. The van der Waals surface area contributed by atoms with Gasteiger partial charge in [-0.15, -0.1) is 5.10 Å². The third-order valence-electron chi connectivity index (χ3n) is 2.16. The Morgan fingerprint density at radius 3 is 3.07 bits per heavy atom. The van der Waals surface area contributed by atoms with Gasteiger partial charge >= 0.3 is 5.84 Å². The number of nitrogens with zero attached hydrogens (tertiary/aromatic N) is 3. The van der Waals surface area contributed by atoms with Gasteiger partial charge in [-0.25, -0.2) is 4.40 Å². The number of aromatic nitrogens is 3. The summed E-state index contributed by atoms with van der Waals surface area (Å²) in [5, 5.41) is 7.85. The molecule has 0 atom stereocenters. The van der Waals surface area contributed by atoms with Gasteiger partial charge in [0.05, 0.1) is 5.52 Å². The van der Waals surface area contributed by atoms with Crippen LogP contribution in [0.3, 0.4) is 0 Å². The van der Waals surface area contributed by atoms with Crippen molar-refractivity contribution in [3.05, 3.63) is 28.5 Å². The Hall–Kier alpha value is -1.36. The molecular formula is C9H6BrN3O. The Morgan fingerprint density at radius 1 is 1.36 bits per heavy atom. The summed E-state index contributed by atoms with van der Waals surface area (Å²) < 4.78 is 8.40. The zero-order chi connectivity index (χ0) is 9.71. The molecule has 3 rings (SSSR count). The molecule has 5 heteroatoms. The summed E-state index contributed by atoms with van der Waals surface area (Å²) >= 11 is 3.39. The smallest absolute Gasteiger partial charge is 0.327 e. The van der Waals surface area contributed by atoms with Crippen molar-refractivity contribution in [2.75, 3.05) is 0 Å². The zero-order valence-electron chi connectivity index (χ0n) is 7.36. The highest BCUT2D eigenvalue weighted by atomic mass is 79.9. The van der Waals surface area contributed by atoms with Gasteiger partial charge in [-0.3, -0.25) is 0 Å². The van der Waals surface area contributed by atoms with Gasteiger partial charge in [-0.1, -0.05) is 21.0 Å². The molecule has 3 aromatic rings. The Kier molecular flexibility index (Phi) is 1.47. The quantitative estimate of drug-likeness (QED) is 0.617. The molecule has 14 heavy (non-hydrogen) atoms. The average Bonchev–Trinajstić information content (AvgIpc) is 2.66. The minimum atomic E-state index is 0.538. The second kappa shape index (κ2) is 2.57. The predicted octanol–water partition coefficient (Wildman–Crippen LogP) is 2.55. The number of oxazole rings is 1. The van der Waals surface area contributed by atoms with Crippen LogP contribution < -0.4 is 0 Å². The molecule has 0 unspecified atom stereocenters. The first-order valence-electron chi connectivity index (χ1n) is 4.15. The van der Waals surface area contributed by atoms with E-state index in [0.29, 0.717) is 5.84 Å². The van der Waals surface area contributed by atoms with Crippen LogP contribution in [0.25, 0.3) is 16.9 Å². The molecule has 0 bridgehead atoms. The lowest BCUT2D eigenvalue weighted by Gasteiger charge is -1.90. The van der Waals surface area contributed by atoms with Gasteiger partial charge in [0.25, 0.3) is 0 Å². The number of fused-ring (bicyclic) bond motifs is 3. The van der Waals surface area contributed by atoms with Gasteiger partial charge < -0.3 is 4.42 Å². The maximum absolute atomic E-state index is 5.51. The van der Waals surface area contributed by atoms with Crippen LogP contribution in [0.15, 0.2) is 27.1 Å². The van der Waals surface area contributed by atoms with Crippen molar-refractivity contribution >= 4 is 32.9 Å². The number of hydrogen-bond acceptors (Lipinski definition) is 3. The topological polar surface area (TPSA) is 43.3 Å². The first-order valence-corrected chi connectivity index (χ1v) is 4.95. The van der Waals surface area contributed by atoms with Gasteiger partial charge in [0.2, 0.25) is 0 Å². The van der Waals surface area contributed by atoms with Crippen molar-refractivity contribution in [1.82, 2.24) is 14.6 Å². The predicted molar refractivity (Wildman–Crippen MR) is 55.2 cm³/mol. The van der Waals surface area contributed by atoms with Crippen LogP contribution in [0.2, 0.25) is 0 Å². The lowest BCUT2D eigenvalue weighted by molar-refractivity contribution is 0.637. The van der Waals surface area contributed by atoms with Gasteiger partial charge in [0.1, 0.15) is 5.82 Å². The molecule has 0 aliphatic carbocycles. The minimum absolute atomic E-state index is 0.538. The van der Waals surface area contributed by atoms with Gasteiger partial charge in [0, 0.05) is 4.47 Å². The molecule has 0 amide bonds. The van der Waals surface area contributed by atoms with Crippen molar-refractivity contribution in [3.8, 4) is 0 Å². The Labute approximate surface area is 87.7 Å². The first kappa shape index (κ1) is 7.99. The molecule has 0 aliphatic rings. The third-order valence-corrected chi connectivity index (χ3v) is 2.65. The van der Waals surface area contributed by atoms with Crippen molar-refractivity contribution < 1.29 is 4.42 Å². The first-order chi connectivity index (χ1) is 6.75. The summed E-state index contributed by atoms with van der Waals surface area (Å²) in [7, 11) is 0. The van der Waals surface area contributed by atoms with Crippen LogP contribution in [-0.2, 0) is 0 Å². The number of hydrogen-bond donors (Lipinski definition) is 0. The fourth-order valence-corrected chi connectivity index (χ4v) is 1.88. The van der Waals surface area contributed by atoms with E-state index in [1.165, 1.54) is 0 Å². The molecule has 0 aliphatic heterocycles. The Bertz CT molecular complexity index is 625. The highest BCUT2D eigenvalue weighted by molar-refractivity contribution is 9.10. The van der Waals surface area contributed by atoms with Crippen LogP contribution in [-0.4, -0.2) is 14.6 Å². The van der Waals surface area contributed by atoms with E-state index in [-0.39, 0.29) is 0 Å². The third kappa shape index (κ3) is 0.928. The van der Waals surface area contributed by atoms with E-state index in [9.17, 15) is 0 Å². The summed E-state index contributed by atoms with van der Waals surface area (Å²) in [5.41, 5.74) is 1.80. The van der Waals surface area contributed by atoms with Gasteiger partial charge in [-0.2, -0.15) is 0 Å². The van der Waals surface area contributed by atoms with E-state index in [0.717, 1.165) is 21.4 Å². The van der Waals surface area contributed by atoms with Crippen molar-refractivity contribution in [2.24, 2.45) is 0 Å². The summed E-state index contributed by atoms with van der Waals surface area (Å²) in [6.07, 6.45) is 0. The molecule has 0 saturated heterocycles. The van der Waals surface area contributed by atoms with Crippen LogP contribution >= 0.6 is 15.9 Å². The molecule has 0 N–H and O–H groups in total. The highest BCUT2D eigenvalue weighted by Crippen LogP contribution is 2.23. The average molecular weight is 252 g/mol. The number of halogens is 1. The molecule has 4 nitrogen and oxygen atoms in total. The fourth-order valence-electron chi connectivity index (χ4n) is 1.54. The second-order valence-corrected chi connectivity index (χ2v) is 3.99. The van der Waals surface area contributed by atoms with E-state index in [2.05, 4.69) is 26.1 Å². The maximum Gasteiger partial charge on any atom is 0.327 e. The Morgan fingerprint density at radius 2 is 2.21 bits per heavy atom. The minimum Gasteiger partial charge on any atom is -0.422 e. The summed E-state index contributed by atoms with van der Waals surface area (Å²) in [6.45, 7) is 1.90. The maximum atomic E-state index is 5.51. The summed E-state index contributed by atoms with van der Waals surface area (Å²) in [4.78, 5) is 0. The van der Waals surface area contributed by atoms with Gasteiger partial charge in [0.15, 0.2) is 5.58 Å². The molecule has 0 saturated carbocycles. The largest absolute Gasteiger partial charge is 0.422 e. The number of benzene rings is 1. The van der Waals surface area contributed by atoms with Crippen LogP contribution in [0.1, 0.15) is 5.82 Å². The lowest BCUT2D eigenvalue weighted by Crippen LogP contribution is -1.83. The van der Waals surface area contributed by atoms with E-state index < -0.39 is 0 Å². The molecule has 1 aromatic carbocycles. The van der Waals surface area contributed by atoms with E-state index in [4.69, 9.17) is 4.42 Å². The SMILES string of the molecule is Cc1nnc2oc3cc(Br)ccc3n12. The van der Waals surface area contributed by atoms with Crippen LogP contribution in [0.5, 0.6) is 0 Å². The van der Waals surface area contributed by atoms with Crippen molar-refractivity contribution in [2.45, 2.75) is 6.92 Å². The standard InChI is InChI=1S/C9H6BrN3O/c1-5-11-12-9-13(5)7-3-2-6(10)4-8(7)14-9/h2-4H,1H3. The number of aryl methyl sites for hydroxylation is 1. The van der Waals surface area contributed by atoms with E-state index in [1.54, 1.807) is 0 Å². The number of rotatable bonds is 0. The summed E-state index contributed by atoms with van der Waals surface area (Å²) in [5.74, 6) is 1.37. The van der Waals surface area contributed by atoms with Gasteiger partial charge in [-0.05, 0) is 25.1 Å². The lowest BCUT2D eigenvalue weighted by atomic mass is 10.3. The molecule has 0 fully saturated rings. The normalized spacial score (nSPS) is 11.6. The molecular weight excluding hydrogens is 246 g/mol. The van der Waals surface area contributed by atoms with Crippen molar-refractivity contribution in [1.29, 1.82) is 0 Å². The molecule has 70 valence electrons. The molecule has 0 radical (unpaired) electrons. The van der Waals surface area contributed by atoms with Crippen LogP contribution in [0.4, 0.5) is 0 Å². The second-order valence-electron chi connectivity index (χ2n) is 3.08.